The van der Waals surface area contributed by atoms with Crippen molar-refractivity contribution in [3.63, 3.8) is 0 Å². The molecule has 17 heavy (non-hydrogen) atoms. The molecule has 3 nitrogen and oxygen atoms in total. The molecule has 2 N–H and O–H groups in total. The molecule has 0 heterocycles. The summed E-state index contributed by atoms with van der Waals surface area (Å²) in [4.78, 5) is 10.4. The van der Waals surface area contributed by atoms with Crippen LogP contribution in [0.1, 0.15) is 38.3 Å². The van der Waals surface area contributed by atoms with E-state index in [0.29, 0.717) is 6.54 Å². The quantitative estimate of drug-likeness (QED) is 0.842. The lowest BCUT2D eigenvalue weighted by Crippen LogP contribution is -2.12. The third kappa shape index (κ3) is 4.10. The highest BCUT2D eigenvalue weighted by Gasteiger charge is 2.14. The van der Waals surface area contributed by atoms with Crippen LogP contribution in [0.5, 0.6) is 0 Å². The lowest BCUT2D eigenvalue weighted by molar-refractivity contribution is -0.136. The van der Waals surface area contributed by atoms with Gasteiger partial charge in [-0.2, -0.15) is 0 Å². The molecular formula is C14H21NO2. The maximum Gasteiger partial charge on any atom is 0.305 e. The van der Waals surface area contributed by atoms with Crippen molar-refractivity contribution in [3.8, 4) is 0 Å². The fourth-order valence-electron chi connectivity index (χ4n) is 1.63. The van der Waals surface area contributed by atoms with E-state index in [4.69, 9.17) is 5.11 Å². The van der Waals surface area contributed by atoms with Crippen molar-refractivity contribution in [2.45, 2.75) is 39.5 Å². The molecule has 0 amide bonds. The Hall–Kier alpha value is -1.51. The molecule has 1 aromatic rings. The van der Waals surface area contributed by atoms with E-state index in [1.807, 2.05) is 13.0 Å². The number of aryl methyl sites for hydroxylation is 1. The first-order valence-electron chi connectivity index (χ1n) is 5.87. The van der Waals surface area contributed by atoms with Gasteiger partial charge < -0.3 is 10.4 Å². The molecule has 94 valence electrons. The van der Waals surface area contributed by atoms with Crippen LogP contribution >= 0.6 is 0 Å². The monoisotopic (exact) mass is 235 g/mol. The molecule has 0 radical (unpaired) electrons. The number of carboxylic acid groups (broad SMARTS) is 1. The largest absolute Gasteiger partial charge is 0.481 e. The van der Waals surface area contributed by atoms with Crippen molar-refractivity contribution in [2.24, 2.45) is 0 Å². The van der Waals surface area contributed by atoms with E-state index >= 15 is 0 Å². The molecule has 0 atom stereocenters. The molecule has 1 rings (SSSR count). The van der Waals surface area contributed by atoms with Crippen LogP contribution in [-0.2, 0) is 10.2 Å². The Morgan fingerprint density at radius 2 is 2.00 bits per heavy atom. The van der Waals surface area contributed by atoms with E-state index in [-0.39, 0.29) is 11.8 Å². The second kappa shape index (κ2) is 5.21. The average Bonchev–Trinajstić information content (AvgIpc) is 2.18. The number of rotatable bonds is 4. The average molecular weight is 235 g/mol. The minimum absolute atomic E-state index is 0.139. The lowest BCUT2D eigenvalue weighted by atomic mass is 9.86. The fourth-order valence-corrected chi connectivity index (χ4v) is 1.63. The second-order valence-electron chi connectivity index (χ2n) is 5.35. The van der Waals surface area contributed by atoms with Crippen LogP contribution in [0.2, 0.25) is 0 Å². The summed E-state index contributed by atoms with van der Waals surface area (Å²) in [5, 5.41) is 11.7. The molecule has 0 aliphatic carbocycles. The van der Waals surface area contributed by atoms with E-state index in [9.17, 15) is 4.79 Å². The maximum atomic E-state index is 10.4. The predicted molar refractivity (Wildman–Crippen MR) is 70.6 cm³/mol. The highest BCUT2D eigenvalue weighted by molar-refractivity contribution is 5.67. The molecule has 0 saturated carbocycles. The maximum absolute atomic E-state index is 10.4. The van der Waals surface area contributed by atoms with Crippen molar-refractivity contribution in [2.75, 3.05) is 11.9 Å². The first-order chi connectivity index (χ1) is 7.80. The number of benzene rings is 1. The molecule has 0 saturated heterocycles. The highest BCUT2D eigenvalue weighted by Crippen LogP contribution is 2.26. The van der Waals surface area contributed by atoms with E-state index < -0.39 is 5.97 Å². The minimum Gasteiger partial charge on any atom is -0.481 e. The van der Waals surface area contributed by atoms with Crippen LogP contribution in [0.25, 0.3) is 0 Å². The van der Waals surface area contributed by atoms with Crippen LogP contribution in [0.3, 0.4) is 0 Å². The van der Waals surface area contributed by atoms with Gasteiger partial charge >= 0.3 is 5.97 Å². The Labute approximate surface area is 103 Å². The number of hydrogen-bond donors (Lipinski definition) is 2. The molecule has 0 aliphatic heterocycles. The van der Waals surface area contributed by atoms with Crippen molar-refractivity contribution in [1.82, 2.24) is 0 Å². The zero-order valence-corrected chi connectivity index (χ0v) is 11.0. The van der Waals surface area contributed by atoms with Crippen LogP contribution in [0.15, 0.2) is 18.2 Å². The molecule has 0 bridgehead atoms. The Kier molecular flexibility index (Phi) is 4.16. The van der Waals surface area contributed by atoms with Crippen LogP contribution in [0.4, 0.5) is 5.69 Å². The summed E-state index contributed by atoms with van der Waals surface area (Å²) in [7, 11) is 0. The Bertz CT molecular complexity index is 405. The van der Waals surface area contributed by atoms with Crippen LogP contribution < -0.4 is 5.32 Å². The van der Waals surface area contributed by atoms with E-state index in [1.54, 1.807) is 0 Å². The van der Waals surface area contributed by atoms with Gasteiger partial charge in [-0.15, -0.1) is 0 Å². The van der Waals surface area contributed by atoms with Gasteiger partial charge in [-0.25, -0.2) is 0 Å². The smallest absolute Gasteiger partial charge is 0.305 e. The Balaban J connectivity index is 2.73. The van der Waals surface area contributed by atoms with Crippen molar-refractivity contribution in [3.05, 3.63) is 29.3 Å². The standard InChI is InChI=1S/C14H21NO2/c1-10-9-11(14(2,3)4)5-6-12(10)15-8-7-13(16)17/h5-6,9,15H,7-8H2,1-4H3,(H,16,17). The Morgan fingerprint density at radius 3 is 2.47 bits per heavy atom. The van der Waals surface area contributed by atoms with Gasteiger partial charge in [0.25, 0.3) is 0 Å². The molecule has 0 spiro atoms. The van der Waals surface area contributed by atoms with Gasteiger partial charge in [-0.3, -0.25) is 4.79 Å². The summed E-state index contributed by atoms with van der Waals surface area (Å²) in [6, 6.07) is 6.27. The summed E-state index contributed by atoms with van der Waals surface area (Å²) < 4.78 is 0. The number of anilines is 1. The predicted octanol–water partition coefficient (Wildman–Crippen LogP) is 3.18. The first kappa shape index (κ1) is 13.6. The van der Waals surface area contributed by atoms with Gasteiger partial charge in [0, 0.05) is 12.2 Å². The van der Waals surface area contributed by atoms with E-state index in [0.717, 1.165) is 11.3 Å². The van der Waals surface area contributed by atoms with E-state index in [2.05, 4.69) is 38.2 Å². The molecule has 0 aliphatic rings. The van der Waals surface area contributed by atoms with Gasteiger partial charge in [-0.05, 0) is 29.5 Å². The number of carboxylic acids is 1. The van der Waals surface area contributed by atoms with Crippen LogP contribution in [0, 0.1) is 6.92 Å². The normalized spacial score (nSPS) is 11.3. The summed E-state index contributed by atoms with van der Waals surface area (Å²) in [6.45, 7) is 9.04. The molecule has 0 unspecified atom stereocenters. The highest BCUT2D eigenvalue weighted by atomic mass is 16.4. The van der Waals surface area contributed by atoms with Crippen molar-refractivity contribution in [1.29, 1.82) is 0 Å². The number of nitrogens with one attached hydrogen (secondary N) is 1. The third-order valence-electron chi connectivity index (χ3n) is 2.75. The van der Waals surface area contributed by atoms with Crippen LogP contribution in [-0.4, -0.2) is 17.6 Å². The third-order valence-corrected chi connectivity index (χ3v) is 2.75. The van der Waals surface area contributed by atoms with Gasteiger partial charge in [0.1, 0.15) is 0 Å². The zero-order chi connectivity index (χ0) is 13.1. The van der Waals surface area contributed by atoms with E-state index in [1.165, 1.54) is 5.56 Å². The number of carbonyl (C=O) groups is 1. The lowest BCUT2D eigenvalue weighted by Gasteiger charge is -2.20. The fraction of sp³-hybridized carbons (Fsp3) is 0.500. The summed E-state index contributed by atoms with van der Waals surface area (Å²) >= 11 is 0. The minimum atomic E-state index is -0.776. The molecule has 0 fully saturated rings. The van der Waals surface area contributed by atoms with Gasteiger partial charge in [0.2, 0.25) is 0 Å². The zero-order valence-electron chi connectivity index (χ0n) is 11.0. The second-order valence-corrected chi connectivity index (χ2v) is 5.35. The topological polar surface area (TPSA) is 49.3 Å². The molecule has 3 heteroatoms. The number of aliphatic carboxylic acids is 1. The SMILES string of the molecule is Cc1cc(C(C)(C)C)ccc1NCCC(=O)O. The van der Waals surface area contributed by atoms with Gasteiger partial charge in [0.15, 0.2) is 0 Å². The number of hydrogen-bond acceptors (Lipinski definition) is 2. The summed E-state index contributed by atoms with van der Waals surface area (Å²) in [5.41, 5.74) is 3.60. The van der Waals surface area contributed by atoms with Gasteiger partial charge in [-0.1, -0.05) is 32.9 Å². The first-order valence-corrected chi connectivity index (χ1v) is 5.87. The molecular weight excluding hydrogens is 214 g/mol. The van der Waals surface area contributed by atoms with Crippen molar-refractivity contribution < 1.29 is 9.90 Å². The summed E-state index contributed by atoms with van der Waals surface area (Å²) in [5.74, 6) is -0.776. The van der Waals surface area contributed by atoms with Crippen molar-refractivity contribution >= 4 is 11.7 Å². The molecule has 0 aromatic heterocycles. The molecule has 1 aromatic carbocycles. The van der Waals surface area contributed by atoms with Gasteiger partial charge in [0.05, 0.1) is 6.42 Å². The Morgan fingerprint density at radius 1 is 1.35 bits per heavy atom. The summed E-state index contributed by atoms with van der Waals surface area (Å²) in [6.07, 6.45) is 0.139.